The minimum atomic E-state index is -1.80. The van der Waals surface area contributed by atoms with Gasteiger partial charge in [0.1, 0.15) is 5.75 Å². The average molecular weight is 214 g/mol. The van der Waals surface area contributed by atoms with Crippen LogP contribution < -0.4 is 4.52 Å². The van der Waals surface area contributed by atoms with Gasteiger partial charge in [0, 0.05) is 0 Å². The normalized spacial score (nSPS) is 14.8. The molecular formula is C10H15O3P. The average Bonchev–Trinajstić information content (AvgIpc) is 2.19. The zero-order chi connectivity index (χ0) is 10.4. The summed E-state index contributed by atoms with van der Waals surface area (Å²) in [7, 11) is -1.80. The van der Waals surface area contributed by atoms with Gasteiger partial charge in [0.15, 0.2) is 0 Å². The van der Waals surface area contributed by atoms with Gasteiger partial charge in [-0.1, -0.05) is 25.1 Å². The lowest BCUT2D eigenvalue weighted by Gasteiger charge is -2.15. The van der Waals surface area contributed by atoms with E-state index < -0.39 is 8.60 Å². The second kappa shape index (κ2) is 5.97. The predicted molar refractivity (Wildman–Crippen MR) is 57.0 cm³/mol. The van der Waals surface area contributed by atoms with Gasteiger partial charge in [-0.05, 0) is 25.5 Å². The molecule has 0 aliphatic heterocycles. The highest BCUT2D eigenvalue weighted by Crippen LogP contribution is 2.36. The summed E-state index contributed by atoms with van der Waals surface area (Å²) in [6.07, 6.45) is 0.882. The zero-order valence-corrected chi connectivity index (χ0v) is 9.28. The van der Waals surface area contributed by atoms with Crippen molar-refractivity contribution in [3.63, 3.8) is 0 Å². The summed E-state index contributed by atoms with van der Waals surface area (Å²) in [5, 5.41) is 0. The molecule has 0 bridgehead atoms. The van der Waals surface area contributed by atoms with Gasteiger partial charge in [0.25, 0.3) is 0 Å². The monoisotopic (exact) mass is 214 g/mol. The number of hydrogen-bond donors (Lipinski definition) is 1. The van der Waals surface area contributed by atoms with Crippen molar-refractivity contribution in [1.29, 1.82) is 0 Å². The van der Waals surface area contributed by atoms with Gasteiger partial charge >= 0.3 is 8.60 Å². The van der Waals surface area contributed by atoms with Crippen LogP contribution in [0.3, 0.4) is 0 Å². The van der Waals surface area contributed by atoms with E-state index in [0.29, 0.717) is 5.75 Å². The topological polar surface area (TPSA) is 38.7 Å². The van der Waals surface area contributed by atoms with Crippen LogP contribution in [0.2, 0.25) is 0 Å². The molecule has 0 saturated carbocycles. The Labute approximate surface area is 85.7 Å². The Hall–Kier alpha value is -0.630. The van der Waals surface area contributed by atoms with Crippen LogP contribution >= 0.6 is 8.60 Å². The largest absolute Gasteiger partial charge is 0.427 e. The summed E-state index contributed by atoms with van der Waals surface area (Å²) in [6.45, 7) is 3.90. The molecule has 1 aromatic rings. The molecule has 2 unspecified atom stereocenters. The van der Waals surface area contributed by atoms with Crippen molar-refractivity contribution in [1.82, 2.24) is 0 Å². The molecule has 4 heteroatoms. The van der Waals surface area contributed by atoms with Crippen LogP contribution in [0, 0.1) is 0 Å². The molecule has 0 radical (unpaired) electrons. The van der Waals surface area contributed by atoms with Crippen molar-refractivity contribution in [3.8, 4) is 5.75 Å². The molecular weight excluding hydrogens is 199 g/mol. The zero-order valence-electron chi connectivity index (χ0n) is 8.38. The van der Waals surface area contributed by atoms with E-state index in [0.717, 1.165) is 6.42 Å². The second-order valence-corrected chi connectivity index (χ2v) is 3.84. The van der Waals surface area contributed by atoms with Crippen LogP contribution in [0.5, 0.6) is 5.75 Å². The van der Waals surface area contributed by atoms with E-state index in [2.05, 4.69) is 0 Å². The maximum atomic E-state index is 9.42. The summed E-state index contributed by atoms with van der Waals surface area (Å²) in [4.78, 5) is 9.42. The quantitative estimate of drug-likeness (QED) is 0.765. The Morgan fingerprint density at radius 3 is 2.57 bits per heavy atom. The van der Waals surface area contributed by atoms with Gasteiger partial charge in [-0.3, -0.25) is 4.52 Å². The summed E-state index contributed by atoms with van der Waals surface area (Å²) in [5.74, 6) is 0.629. The molecule has 0 spiro atoms. The molecule has 0 amide bonds. The molecule has 2 atom stereocenters. The van der Waals surface area contributed by atoms with Gasteiger partial charge in [-0.2, -0.15) is 0 Å². The lowest BCUT2D eigenvalue weighted by Crippen LogP contribution is -2.04. The standard InChI is InChI=1S/C10H15O3P/c1-3-9(2)12-14(11)13-10-7-5-4-6-8-10/h4-9,11H,3H2,1-2H3. The smallest absolute Gasteiger partial charge is 0.394 e. The molecule has 0 saturated heterocycles. The lowest BCUT2D eigenvalue weighted by molar-refractivity contribution is 0.186. The fraction of sp³-hybridized carbons (Fsp3) is 0.400. The third-order valence-corrected chi connectivity index (χ3v) is 2.68. The maximum Gasteiger partial charge on any atom is 0.394 e. The fourth-order valence-corrected chi connectivity index (χ4v) is 1.62. The van der Waals surface area contributed by atoms with E-state index in [1.165, 1.54) is 0 Å². The maximum absolute atomic E-state index is 9.42. The van der Waals surface area contributed by atoms with Crippen LogP contribution in [0.4, 0.5) is 0 Å². The second-order valence-electron chi connectivity index (χ2n) is 2.97. The van der Waals surface area contributed by atoms with Crippen LogP contribution in [0.25, 0.3) is 0 Å². The Morgan fingerprint density at radius 1 is 1.36 bits per heavy atom. The van der Waals surface area contributed by atoms with Gasteiger partial charge in [-0.25, -0.2) is 0 Å². The summed E-state index contributed by atoms with van der Waals surface area (Å²) in [6, 6.07) is 9.16. The molecule has 0 heterocycles. The molecule has 0 aromatic heterocycles. The first-order valence-electron chi connectivity index (χ1n) is 4.61. The molecule has 1 N–H and O–H groups in total. The third-order valence-electron chi connectivity index (χ3n) is 1.77. The Kier molecular flexibility index (Phi) is 4.88. The summed E-state index contributed by atoms with van der Waals surface area (Å²) < 4.78 is 10.4. The molecule has 1 aromatic carbocycles. The molecule has 0 aliphatic carbocycles. The summed E-state index contributed by atoms with van der Waals surface area (Å²) >= 11 is 0. The van der Waals surface area contributed by atoms with Gasteiger partial charge in [0.05, 0.1) is 6.10 Å². The van der Waals surface area contributed by atoms with Gasteiger partial charge in [-0.15, -0.1) is 0 Å². The van der Waals surface area contributed by atoms with E-state index in [4.69, 9.17) is 9.05 Å². The molecule has 0 fully saturated rings. The first-order chi connectivity index (χ1) is 6.72. The lowest BCUT2D eigenvalue weighted by atomic mass is 10.3. The van der Waals surface area contributed by atoms with Crippen molar-refractivity contribution < 1.29 is 13.9 Å². The molecule has 3 nitrogen and oxygen atoms in total. The van der Waals surface area contributed by atoms with Crippen molar-refractivity contribution in [2.45, 2.75) is 26.4 Å². The Morgan fingerprint density at radius 2 is 2.00 bits per heavy atom. The molecule has 1 rings (SSSR count). The first-order valence-corrected chi connectivity index (χ1v) is 5.74. The van der Waals surface area contributed by atoms with E-state index in [1.807, 2.05) is 32.0 Å². The highest BCUT2D eigenvalue weighted by molar-refractivity contribution is 7.41. The summed E-state index contributed by atoms with van der Waals surface area (Å²) in [5.41, 5.74) is 0. The van der Waals surface area contributed by atoms with Gasteiger partial charge < -0.3 is 9.42 Å². The number of para-hydroxylation sites is 1. The number of hydrogen-bond acceptors (Lipinski definition) is 3. The fourth-order valence-electron chi connectivity index (χ4n) is 0.822. The van der Waals surface area contributed by atoms with E-state index in [9.17, 15) is 4.89 Å². The van der Waals surface area contributed by atoms with E-state index >= 15 is 0 Å². The van der Waals surface area contributed by atoms with Gasteiger partial charge in [0.2, 0.25) is 0 Å². The van der Waals surface area contributed by atoms with E-state index in [1.54, 1.807) is 12.1 Å². The number of benzene rings is 1. The molecule has 78 valence electrons. The van der Waals surface area contributed by atoms with Crippen molar-refractivity contribution in [3.05, 3.63) is 30.3 Å². The highest BCUT2D eigenvalue weighted by Gasteiger charge is 2.12. The first kappa shape index (κ1) is 11.4. The van der Waals surface area contributed by atoms with E-state index in [-0.39, 0.29) is 6.10 Å². The highest BCUT2D eigenvalue weighted by atomic mass is 31.2. The minimum absolute atomic E-state index is 0.0230. The Balaban J connectivity index is 2.37. The van der Waals surface area contributed by atoms with Crippen molar-refractivity contribution in [2.24, 2.45) is 0 Å². The number of rotatable bonds is 5. The SMILES string of the molecule is CCC(C)OP(O)Oc1ccccc1. The molecule has 14 heavy (non-hydrogen) atoms. The van der Waals surface area contributed by atoms with Crippen LogP contribution in [0.15, 0.2) is 30.3 Å². The van der Waals surface area contributed by atoms with Crippen molar-refractivity contribution >= 4 is 8.60 Å². The Bertz CT molecular complexity index is 253. The third kappa shape index (κ3) is 4.05. The van der Waals surface area contributed by atoms with Crippen LogP contribution in [0.1, 0.15) is 20.3 Å². The predicted octanol–water partition coefficient (Wildman–Crippen LogP) is 3.10. The van der Waals surface area contributed by atoms with Crippen molar-refractivity contribution in [2.75, 3.05) is 0 Å². The molecule has 0 aliphatic rings. The minimum Gasteiger partial charge on any atom is -0.427 e. The van der Waals surface area contributed by atoms with Crippen LogP contribution in [-0.4, -0.2) is 11.0 Å². The van der Waals surface area contributed by atoms with Crippen LogP contribution in [-0.2, 0) is 4.52 Å².